The van der Waals surface area contributed by atoms with E-state index < -0.39 is 19.9 Å². The van der Waals surface area contributed by atoms with E-state index >= 15 is 0 Å². The van der Waals surface area contributed by atoms with Crippen molar-refractivity contribution in [2.45, 2.75) is 56.0 Å². The van der Waals surface area contributed by atoms with Gasteiger partial charge in [0, 0.05) is 27.9 Å². The zero-order chi connectivity index (χ0) is 42.5. The quantitative estimate of drug-likeness (QED) is 0.114. The van der Waals surface area contributed by atoms with E-state index in [9.17, 15) is 16.8 Å². The number of rotatable bonds is 12. The van der Waals surface area contributed by atoms with Crippen molar-refractivity contribution in [3.8, 4) is 5.75 Å². The van der Waals surface area contributed by atoms with Crippen molar-refractivity contribution < 1.29 is 21.6 Å². The van der Waals surface area contributed by atoms with Crippen LogP contribution in [0.15, 0.2) is 152 Å². The van der Waals surface area contributed by atoms with Gasteiger partial charge in [0.25, 0.3) is 0 Å². The third kappa shape index (κ3) is 14.5. The zero-order valence-corrected chi connectivity index (χ0v) is 39.5. The SMILES string of the molecule is COc1ccc(CN(Cc2ccc(C)cc2)S(=O)(=O)c2ccc(Br)cc2Cl)cc1.Cc1ccc(CCS(=O)(=O)c2ccc(Br)cc2Cl)cc1.Cc1ccc(CCl)cc1. The van der Waals surface area contributed by atoms with Gasteiger partial charge in [0.15, 0.2) is 9.84 Å². The fourth-order valence-corrected chi connectivity index (χ4v) is 10.4. The van der Waals surface area contributed by atoms with Crippen LogP contribution in [-0.4, -0.2) is 34.0 Å². The Morgan fingerprint density at radius 2 is 0.948 bits per heavy atom. The highest BCUT2D eigenvalue weighted by Crippen LogP contribution is 2.30. The van der Waals surface area contributed by atoms with E-state index in [1.807, 2.05) is 98.8 Å². The van der Waals surface area contributed by atoms with Crippen LogP contribution in [0.1, 0.15) is 38.9 Å². The van der Waals surface area contributed by atoms with Crippen LogP contribution in [0.25, 0.3) is 0 Å². The molecule has 6 rings (SSSR count). The maximum absolute atomic E-state index is 13.5. The highest BCUT2D eigenvalue weighted by Gasteiger charge is 2.27. The first kappa shape index (κ1) is 47.5. The van der Waals surface area contributed by atoms with Gasteiger partial charge in [-0.25, -0.2) is 16.8 Å². The molecular formula is C45H44Br2Cl3NO5S2. The normalized spacial score (nSPS) is 11.3. The number of methoxy groups -OCH3 is 1. The Balaban J connectivity index is 0.000000220. The average Bonchev–Trinajstić information content (AvgIpc) is 3.19. The summed E-state index contributed by atoms with van der Waals surface area (Å²) in [5.41, 5.74) is 7.51. The minimum Gasteiger partial charge on any atom is -0.497 e. The second-order valence-electron chi connectivity index (χ2n) is 13.4. The van der Waals surface area contributed by atoms with Gasteiger partial charge < -0.3 is 4.74 Å². The number of hydrogen-bond acceptors (Lipinski definition) is 5. The van der Waals surface area contributed by atoms with Gasteiger partial charge in [-0.15, -0.1) is 11.6 Å². The molecule has 0 radical (unpaired) electrons. The maximum Gasteiger partial charge on any atom is 0.245 e. The van der Waals surface area contributed by atoms with E-state index in [1.165, 1.54) is 27.6 Å². The van der Waals surface area contributed by atoms with Crippen LogP contribution in [0.4, 0.5) is 0 Å². The van der Waals surface area contributed by atoms with Gasteiger partial charge in [-0.2, -0.15) is 4.31 Å². The van der Waals surface area contributed by atoms with Crippen LogP contribution in [-0.2, 0) is 45.3 Å². The van der Waals surface area contributed by atoms with Crippen molar-refractivity contribution in [2.75, 3.05) is 12.9 Å². The highest BCUT2D eigenvalue weighted by molar-refractivity contribution is 9.10. The van der Waals surface area contributed by atoms with E-state index in [0.29, 0.717) is 12.3 Å². The molecule has 306 valence electrons. The second kappa shape index (κ2) is 22.4. The molecule has 0 aromatic heterocycles. The summed E-state index contributed by atoms with van der Waals surface area (Å²) in [6, 6.07) is 40.9. The number of halogens is 5. The molecule has 0 unspecified atom stereocenters. The second-order valence-corrected chi connectivity index (χ2v) is 20.3. The number of nitrogens with zero attached hydrogens (tertiary/aromatic N) is 1. The summed E-state index contributed by atoms with van der Waals surface area (Å²) in [5.74, 6) is 1.38. The minimum atomic E-state index is -3.82. The lowest BCUT2D eigenvalue weighted by atomic mass is 10.1. The fourth-order valence-electron chi connectivity index (χ4n) is 5.40. The van der Waals surface area contributed by atoms with Crippen LogP contribution in [0.3, 0.4) is 0 Å². The van der Waals surface area contributed by atoms with Crippen LogP contribution >= 0.6 is 66.7 Å². The molecule has 6 nitrogen and oxygen atoms in total. The molecule has 0 N–H and O–H groups in total. The third-order valence-corrected chi connectivity index (χ3v) is 14.6. The summed E-state index contributed by atoms with van der Waals surface area (Å²) in [6.45, 7) is 6.52. The van der Waals surface area contributed by atoms with E-state index in [4.69, 9.17) is 39.5 Å². The number of hydrogen-bond donors (Lipinski definition) is 0. The summed E-state index contributed by atoms with van der Waals surface area (Å²) >= 11 is 24.4. The predicted octanol–water partition coefficient (Wildman–Crippen LogP) is 13.0. The molecule has 0 bridgehead atoms. The Bertz CT molecular complexity index is 2470. The van der Waals surface area contributed by atoms with Crippen molar-refractivity contribution in [2.24, 2.45) is 0 Å². The minimum absolute atomic E-state index is 0.0530. The summed E-state index contributed by atoms with van der Waals surface area (Å²) in [6.07, 6.45) is 0.481. The zero-order valence-electron chi connectivity index (χ0n) is 32.4. The van der Waals surface area contributed by atoms with E-state index in [2.05, 4.69) is 50.9 Å². The fraction of sp³-hybridized carbons (Fsp3) is 0.200. The molecular weight excluding hydrogens is 965 g/mol. The molecule has 13 heteroatoms. The number of sulfone groups is 1. The first-order chi connectivity index (χ1) is 27.5. The molecule has 0 fully saturated rings. The van der Waals surface area contributed by atoms with Gasteiger partial charge in [-0.3, -0.25) is 0 Å². The van der Waals surface area contributed by atoms with Crippen molar-refractivity contribution in [3.05, 3.63) is 191 Å². The Kier molecular flexibility index (Phi) is 18.4. The highest BCUT2D eigenvalue weighted by atomic mass is 79.9. The summed E-state index contributed by atoms with van der Waals surface area (Å²) < 4.78 is 59.7. The van der Waals surface area contributed by atoms with E-state index in [1.54, 1.807) is 31.4 Å². The number of alkyl halides is 1. The topological polar surface area (TPSA) is 80.8 Å². The molecule has 0 aliphatic rings. The number of ether oxygens (including phenoxy) is 1. The summed E-state index contributed by atoms with van der Waals surface area (Å²) in [5, 5.41) is 0.436. The van der Waals surface area contributed by atoms with Gasteiger partial charge in [-0.1, -0.05) is 157 Å². The smallest absolute Gasteiger partial charge is 0.245 e. The van der Waals surface area contributed by atoms with Gasteiger partial charge >= 0.3 is 0 Å². The predicted molar refractivity (Wildman–Crippen MR) is 247 cm³/mol. The molecule has 0 spiro atoms. The molecule has 6 aromatic rings. The third-order valence-electron chi connectivity index (χ3n) is 8.79. The molecule has 0 atom stereocenters. The molecule has 0 saturated carbocycles. The van der Waals surface area contributed by atoms with Crippen molar-refractivity contribution >= 4 is 86.5 Å². The first-order valence-corrected chi connectivity index (χ1v) is 24.0. The van der Waals surface area contributed by atoms with Crippen LogP contribution in [0.5, 0.6) is 5.75 Å². The van der Waals surface area contributed by atoms with Gasteiger partial charge in [-0.05, 0) is 98.0 Å². The number of aryl methyl sites for hydroxylation is 4. The molecule has 0 aliphatic carbocycles. The number of benzene rings is 6. The van der Waals surface area contributed by atoms with E-state index in [0.717, 1.165) is 42.5 Å². The van der Waals surface area contributed by atoms with Gasteiger partial charge in [0.2, 0.25) is 10.0 Å². The Morgan fingerprint density at radius 1 is 0.552 bits per heavy atom. The molecule has 0 heterocycles. The number of sulfonamides is 1. The van der Waals surface area contributed by atoms with Crippen molar-refractivity contribution in [3.63, 3.8) is 0 Å². The Hall–Kier alpha value is -3.19. The molecule has 6 aromatic carbocycles. The standard InChI is InChI=1S/C22H21BrClNO3S.C15H14BrClO2S.C8H9Cl/c1-16-3-5-17(6-4-16)14-25(15-18-7-10-20(28-2)11-8-18)29(26,27)22-12-9-19(23)13-21(22)24;1-11-2-4-12(5-3-11)8-9-20(18,19)15-7-6-13(16)10-14(15)17;1-7-2-4-8(6-9)5-3-7/h3-13H,14-15H2,1-2H3;2-7,10H,8-9H2,1H3;2-5H,6H2,1H3. The lowest BCUT2D eigenvalue weighted by Gasteiger charge is -2.23. The van der Waals surface area contributed by atoms with Crippen LogP contribution in [0, 0.1) is 20.8 Å². The van der Waals surface area contributed by atoms with Gasteiger partial charge in [0.05, 0.1) is 27.8 Å². The van der Waals surface area contributed by atoms with E-state index in [-0.39, 0.29) is 38.7 Å². The molecule has 58 heavy (non-hydrogen) atoms. The largest absolute Gasteiger partial charge is 0.497 e. The Labute approximate surface area is 375 Å². The molecule has 0 aliphatic heterocycles. The molecule has 0 amide bonds. The monoisotopic (exact) mass is 1010 g/mol. The Morgan fingerprint density at radius 3 is 1.36 bits per heavy atom. The average molecular weight is 1010 g/mol. The lowest BCUT2D eigenvalue weighted by molar-refractivity contribution is 0.399. The summed E-state index contributed by atoms with van der Waals surface area (Å²) in [7, 11) is -5.59. The maximum atomic E-state index is 13.5. The molecule has 0 saturated heterocycles. The van der Waals surface area contributed by atoms with Gasteiger partial charge in [0.1, 0.15) is 10.6 Å². The van der Waals surface area contributed by atoms with Crippen molar-refractivity contribution in [1.29, 1.82) is 0 Å². The van der Waals surface area contributed by atoms with Crippen LogP contribution in [0.2, 0.25) is 10.0 Å². The lowest BCUT2D eigenvalue weighted by Crippen LogP contribution is -2.30. The van der Waals surface area contributed by atoms with Crippen LogP contribution < -0.4 is 4.74 Å². The first-order valence-electron chi connectivity index (χ1n) is 18.0. The summed E-state index contributed by atoms with van der Waals surface area (Å²) in [4.78, 5) is 0.275. The van der Waals surface area contributed by atoms with Crippen molar-refractivity contribution in [1.82, 2.24) is 4.31 Å².